The Hall–Kier alpha value is -3.18. The van der Waals surface area contributed by atoms with Crippen molar-refractivity contribution in [2.75, 3.05) is 31.2 Å². The Kier molecular flexibility index (Phi) is 4.85. The Morgan fingerprint density at radius 3 is 2.52 bits per heavy atom. The van der Waals surface area contributed by atoms with Gasteiger partial charge in [0, 0.05) is 24.2 Å². The van der Waals surface area contributed by atoms with Gasteiger partial charge >= 0.3 is 5.63 Å². The lowest BCUT2D eigenvalue weighted by atomic mass is 10.1. The molecule has 0 aliphatic carbocycles. The predicted molar refractivity (Wildman–Crippen MR) is 105 cm³/mol. The zero-order valence-electron chi connectivity index (χ0n) is 14.8. The number of ether oxygens (including phenoxy) is 1. The van der Waals surface area contributed by atoms with Crippen LogP contribution in [0.25, 0.3) is 17.0 Å². The number of carbonyl (C=O) groups is 1. The number of allylic oxidation sites excluding steroid dienone is 1. The number of carbonyl (C=O) groups excluding carboxylic acids is 1. The second-order valence-electron chi connectivity index (χ2n) is 6.37. The average Bonchev–Trinajstić information content (AvgIpc) is 2.72. The summed E-state index contributed by atoms with van der Waals surface area (Å²) in [5, 5.41) is 0.726. The molecule has 0 saturated carbocycles. The minimum atomic E-state index is -0.619. The van der Waals surface area contributed by atoms with Crippen LogP contribution in [0.4, 0.5) is 5.69 Å². The van der Waals surface area contributed by atoms with Gasteiger partial charge in [-0.15, -0.1) is 0 Å². The first-order valence-electron chi connectivity index (χ1n) is 8.89. The third-order valence-corrected chi connectivity index (χ3v) is 4.60. The molecule has 5 heteroatoms. The summed E-state index contributed by atoms with van der Waals surface area (Å²) in [5.74, 6) is -0.369. The fourth-order valence-corrected chi connectivity index (χ4v) is 3.11. The highest BCUT2D eigenvalue weighted by Gasteiger charge is 2.12. The molecule has 1 saturated heterocycles. The summed E-state index contributed by atoms with van der Waals surface area (Å²) in [6.45, 7) is 3.24. The third kappa shape index (κ3) is 3.83. The second kappa shape index (κ2) is 7.60. The first-order chi connectivity index (χ1) is 13.2. The quantitative estimate of drug-likeness (QED) is 0.404. The first kappa shape index (κ1) is 17.2. The number of hydrogen-bond donors (Lipinski definition) is 0. The number of fused-ring (bicyclic) bond motifs is 1. The maximum Gasteiger partial charge on any atom is 0.347 e. The van der Waals surface area contributed by atoms with E-state index < -0.39 is 5.63 Å². The van der Waals surface area contributed by atoms with Gasteiger partial charge in [-0.05, 0) is 35.9 Å². The van der Waals surface area contributed by atoms with Crippen LogP contribution in [-0.2, 0) is 4.74 Å². The van der Waals surface area contributed by atoms with Gasteiger partial charge in [0.25, 0.3) is 0 Å². The van der Waals surface area contributed by atoms with Gasteiger partial charge in [-0.25, -0.2) is 4.79 Å². The molecule has 1 aliphatic heterocycles. The highest BCUT2D eigenvalue weighted by molar-refractivity contribution is 6.07. The van der Waals surface area contributed by atoms with Crippen molar-refractivity contribution in [2.45, 2.75) is 0 Å². The largest absolute Gasteiger partial charge is 0.422 e. The molecule has 0 unspecified atom stereocenters. The van der Waals surface area contributed by atoms with Crippen LogP contribution in [0.15, 0.2) is 69.9 Å². The summed E-state index contributed by atoms with van der Waals surface area (Å²) < 4.78 is 10.6. The van der Waals surface area contributed by atoms with Crippen LogP contribution < -0.4 is 10.5 Å². The van der Waals surface area contributed by atoms with E-state index in [9.17, 15) is 9.59 Å². The van der Waals surface area contributed by atoms with Crippen molar-refractivity contribution in [1.82, 2.24) is 0 Å². The molecule has 1 aromatic heterocycles. The summed E-state index contributed by atoms with van der Waals surface area (Å²) in [7, 11) is 0. The number of hydrogen-bond acceptors (Lipinski definition) is 5. The maximum atomic E-state index is 12.4. The molecule has 0 radical (unpaired) electrons. The van der Waals surface area contributed by atoms with E-state index >= 15 is 0 Å². The van der Waals surface area contributed by atoms with Gasteiger partial charge < -0.3 is 14.1 Å². The number of ketones is 1. The lowest BCUT2D eigenvalue weighted by Gasteiger charge is -2.28. The van der Waals surface area contributed by atoms with Gasteiger partial charge in [-0.2, -0.15) is 0 Å². The monoisotopic (exact) mass is 361 g/mol. The molecular formula is C22H19NO4. The number of para-hydroxylation sites is 1. The van der Waals surface area contributed by atoms with Crippen LogP contribution in [0, 0.1) is 0 Å². The smallest absolute Gasteiger partial charge is 0.347 e. The molecule has 4 rings (SSSR count). The third-order valence-electron chi connectivity index (χ3n) is 4.60. The fraction of sp³-hybridized carbons (Fsp3) is 0.182. The summed E-state index contributed by atoms with van der Waals surface area (Å²) in [4.78, 5) is 26.8. The highest BCUT2D eigenvalue weighted by Crippen LogP contribution is 2.18. The van der Waals surface area contributed by atoms with Crippen molar-refractivity contribution in [3.8, 4) is 0 Å². The van der Waals surface area contributed by atoms with E-state index in [1.165, 1.54) is 6.08 Å². The van der Waals surface area contributed by atoms with E-state index in [2.05, 4.69) is 4.90 Å². The standard InChI is InChI=1S/C22H19NO4/c24-20(19-15-17-3-1-2-4-21(17)27-22(19)25)10-7-16-5-8-18(9-6-16)23-11-13-26-14-12-23/h1-10,15H,11-14H2/b10-7+. The van der Waals surface area contributed by atoms with E-state index in [4.69, 9.17) is 9.15 Å². The molecule has 27 heavy (non-hydrogen) atoms. The number of benzene rings is 2. The zero-order valence-corrected chi connectivity index (χ0v) is 14.8. The summed E-state index contributed by atoms with van der Waals surface area (Å²) >= 11 is 0. The van der Waals surface area contributed by atoms with Crippen molar-refractivity contribution < 1.29 is 13.9 Å². The normalized spacial score (nSPS) is 14.7. The van der Waals surface area contributed by atoms with Gasteiger partial charge in [0.15, 0.2) is 5.78 Å². The lowest BCUT2D eigenvalue weighted by molar-refractivity contribution is 0.104. The van der Waals surface area contributed by atoms with E-state index in [1.807, 2.05) is 36.4 Å². The number of rotatable bonds is 4. The highest BCUT2D eigenvalue weighted by atomic mass is 16.5. The van der Waals surface area contributed by atoms with E-state index in [0.29, 0.717) is 5.58 Å². The van der Waals surface area contributed by atoms with Crippen LogP contribution in [0.3, 0.4) is 0 Å². The van der Waals surface area contributed by atoms with E-state index in [-0.39, 0.29) is 11.3 Å². The summed E-state index contributed by atoms with van der Waals surface area (Å²) in [6.07, 6.45) is 3.12. The molecule has 1 aliphatic rings. The molecule has 2 aromatic carbocycles. The minimum Gasteiger partial charge on any atom is -0.422 e. The SMILES string of the molecule is O=C(/C=C/c1ccc(N2CCOCC2)cc1)c1cc2ccccc2oc1=O. The number of morpholine rings is 1. The minimum absolute atomic E-state index is 0.0369. The van der Waals surface area contributed by atoms with Crippen molar-refractivity contribution >= 4 is 28.5 Å². The van der Waals surface area contributed by atoms with Crippen LogP contribution in [-0.4, -0.2) is 32.1 Å². The topological polar surface area (TPSA) is 59.8 Å². The second-order valence-corrected chi connectivity index (χ2v) is 6.37. The van der Waals surface area contributed by atoms with Gasteiger partial charge in [0.1, 0.15) is 11.1 Å². The van der Waals surface area contributed by atoms with Gasteiger partial charge in [0.05, 0.1) is 13.2 Å². The molecule has 0 N–H and O–H groups in total. The molecule has 5 nitrogen and oxygen atoms in total. The Morgan fingerprint density at radius 1 is 1.00 bits per heavy atom. The van der Waals surface area contributed by atoms with Gasteiger partial charge in [-0.3, -0.25) is 4.79 Å². The Bertz CT molecular complexity index is 1040. The lowest BCUT2D eigenvalue weighted by Crippen LogP contribution is -2.36. The molecular weight excluding hydrogens is 342 g/mol. The molecule has 0 amide bonds. The van der Waals surface area contributed by atoms with Crippen molar-refractivity contribution in [1.29, 1.82) is 0 Å². The van der Waals surface area contributed by atoms with Crippen LogP contribution in [0.1, 0.15) is 15.9 Å². The van der Waals surface area contributed by atoms with Crippen molar-refractivity contribution in [3.63, 3.8) is 0 Å². The Morgan fingerprint density at radius 2 is 1.74 bits per heavy atom. The predicted octanol–water partition coefficient (Wildman–Crippen LogP) is 3.53. The van der Waals surface area contributed by atoms with E-state index in [0.717, 1.165) is 42.9 Å². The molecule has 0 bridgehead atoms. The molecule has 2 heterocycles. The Labute approximate surface area is 156 Å². The van der Waals surface area contributed by atoms with Crippen LogP contribution in [0.2, 0.25) is 0 Å². The number of anilines is 1. The van der Waals surface area contributed by atoms with Crippen molar-refractivity contribution in [2.24, 2.45) is 0 Å². The molecule has 1 fully saturated rings. The van der Waals surface area contributed by atoms with Gasteiger partial charge in [-0.1, -0.05) is 36.4 Å². The van der Waals surface area contributed by atoms with Crippen molar-refractivity contribution in [3.05, 3.63) is 82.2 Å². The molecule has 136 valence electrons. The average molecular weight is 361 g/mol. The summed E-state index contributed by atoms with van der Waals surface area (Å²) in [6, 6.07) is 16.7. The first-order valence-corrected chi connectivity index (χ1v) is 8.89. The fourth-order valence-electron chi connectivity index (χ4n) is 3.11. The van der Waals surface area contributed by atoms with Crippen LogP contribution in [0.5, 0.6) is 0 Å². The Balaban J connectivity index is 1.51. The summed E-state index contributed by atoms with van der Waals surface area (Å²) in [5.41, 5.74) is 1.92. The maximum absolute atomic E-state index is 12.4. The molecule has 3 aromatic rings. The van der Waals surface area contributed by atoms with Crippen LogP contribution >= 0.6 is 0 Å². The van der Waals surface area contributed by atoms with E-state index in [1.54, 1.807) is 24.3 Å². The number of nitrogens with zero attached hydrogens (tertiary/aromatic N) is 1. The molecule has 0 atom stereocenters. The zero-order chi connectivity index (χ0) is 18.6. The molecule has 0 spiro atoms. The van der Waals surface area contributed by atoms with Gasteiger partial charge in [0.2, 0.25) is 0 Å².